The first-order chi connectivity index (χ1) is 13.5. The number of ether oxygens (including phenoxy) is 1. The number of halogens is 2. The van der Waals surface area contributed by atoms with Crippen LogP contribution in [0.3, 0.4) is 0 Å². The van der Waals surface area contributed by atoms with E-state index in [0.717, 1.165) is 25.8 Å². The summed E-state index contributed by atoms with van der Waals surface area (Å²) in [6.07, 6.45) is 6.31. The monoisotopic (exact) mass is 408 g/mol. The van der Waals surface area contributed by atoms with Crippen molar-refractivity contribution in [3.8, 4) is 0 Å². The minimum atomic E-state index is -0.559. The Bertz CT molecular complexity index is 745. The van der Waals surface area contributed by atoms with Gasteiger partial charge in [-0.25, -0.2) is 4.39 Å². The van der Waals surface area contributed by atoms with Gasteiger partial charge in [0.25, 0.3) is 11.8 Å². The van der Waals surface area contributed by atoms with Gasteiger partial charge in [-0.15, -0.1) is 0 Å². The van der Waals surface area contributed by atoms with Crippen molar-refractivity contribution in [1.82, 2.24) is 9.80 Å². The van der Waals surface area contributed by atoms with Crippen LogP contribution in [0.25, 0.3) is 0 Å². The summed E-state index contributed by atoms with van der Waals surface area (Å²) in [5.74, 6) is -0.773. The number of amides is 2. The molecule has 2 amide bonds. The van der Waals surface area contributed by atoms with E-state index in [1.165, 1.54) is 31.0 Å². The van der Waals surface area contributed by atoms with Crippen LogP contribution in [0.15, 0.2) is 18.2 Å². The first-order valence-corrected chi connectivity index (χ1v) is 10.6. The van der Waals surface area contributed by atoms with Crippen molar-refractivity contribution in [3.63, 3.8) is 0 Å². The van der Waals surface area contributed by atoms with E-state index in [4.69, 9.17) is 16.3 Å². The molecule has 152 valence electrons. The normalized spacial score (nSPS) is 24.4. The van der Waals surface area contributed by atoms with Crippen LogP contribution in [0, 0.1) is 5.82 Å². The SMILES string of the molecule is O=C(c1cc(Cl)ccc1F)N1CCC(OC2CCN(C3CCCC3)C2=O)CC1. The van der Waals surface area contributed by atoms with Crippen molar-refractivity contribution in [1.29, 1.82) is 0 Å². The third-order valence-electron chi connectivity index (χ3n) is 6.20. The number of carbonyl (C=O) groups is 2. The minimum Gasteiger partial charge on any atom is -0.365 e. The third kappa shape index (κ3) is 4.03. The maximum atomic E-state index is 14.0. The number of carbonyl (C=O) groups excluding carboxylic acids is 2. The van der Waals surface area contributed by atoms with Gasteiger partial charge in [-0.05, 0) is 43.9 Å². The lowest BCUT2D eigenvalue weighted by molar-refractivity contribution is -0.143. The number of benzene rings is 1. The quantitative estimate of drug-likeness (QED) is 0.764. The van der Waals surface area contributed by atoms with Crippen molar-refractivity contribution in [2.45, 2.75) is 63.2 Å². The predicted molar refractivity (Wildman–Crippen MR) is 104 cm³/mol. The number of rotatable bonds is 4. The summed E-state index contributed by atoms with van der Waals surface area (Å²) in [7, 11) is 0. The fraction of sp³-hybridized carbons (Fsp3) is 0.619. The topological polar surface area (TPSA) is 49.9 Å². The van der Waals surface area contributed by atoms with Gasteiger partial charge >= 0.3 is 0 Å². The Labute approximate surface area is 169 Å². The molecule has 1 unspecified atom stereocenters. The van der Waals surface area contributed by atoms with Gasteiger partial charge in [0.15, 0.2) is 0 Å². The summed E-state index contributed by atoms with van der Waals surface area (Å²) in [6, 6.07) is 4.42. The highest BCUT2D eigenvalue weighted by molar-refractivity contribution is 6.31. The Morgan fingerprint density at radius 1 is 1.07 bits per heavy atom. The smallest absolute Gasteiger partial charge is 0.256 e. The molecule has 5 nitrogen and oxygen atoms in total. The average molecular weight is 409 g/mol. The van der Waals surface area contributed by atoms with Crippen molar-refractivity contribution >= 4 is 23.4 Å². The highest BCUT2D eigenvalue weighted by Gasteiger charge is 2.39. The first kappa shape index (κ1) is 19.6. The van der Waals surface area contributed by atoms with Crippen LogP contribution in [-0.4, -0.2) is 59.5 Å². The molecule has 7 heteroatoms. The number of nitrogens with zero attached hydrogens (tertiary/aromatic N) is 2. The molecule has 1 atom stereocenters. The molecule has 4 rings (SSSR count). The Kier molecular flexibility index (Phi) is 5.88. The van der Waals surface area contributed by atoms with Gasteiger partial charge in [0.2, 0.25) is 0 Å². The summed E-state index contributed by atoms with van der Waals surface area (Å²) in [5, 5.41) is 0.342. The average Bonchev–Trinajstić information content (AvgIpc) is 3.34. The second-order valence-electron chi connectivity index (χ2n) is 8.00. The van der Waals surface area contributed by atoms with Gasteiger partial charge in [0, 0.05) is 37.1 Å². The van der Waals surface area contributed by atoms with Gasteiger partial charge in [0.05, 0.1) is 11.7 Å². The summed E-state index contributed by atoms with van der Waals surface area (Å²) in [5.41, 5.74) is 0.00467. The fourth-order valence-electron chi connectivity index (χ4n) is 4.64. The second-order valence-corrected chi connectivity index (χ2v) is 8.44. The molecule has 1 aromatic carbocycles. The van der Waals surface area contributed by atoms with E-state index in [2.05, 4.69) is 0 Å². The third-order valence-corrected chi connectivity index (χ3v) is 6.44. The van der Waals surface area contributed by atoms with E-state index in [-0.39, 0.29) is 29.6 Å². The molecule has 0 aromatic heterocycles. The molecule has 1 saturated carbocycles. The van der Waals surface area contributed by atoms with Crippen molar-refractivity contribution in [2.75, 3.05) is 19.6 Å². The number of likely N-dealkylation sites (tertiary alicyclic amines) is 2. The Morgan fingerprint density at radius 2 is 1.79 bits per heavy atom. The molecule has 1 aliphatic carbocycles. The van der Waals surface area contributed by atoms with Crippen LogP contribution >= 0.6 is 11.6 Å². The van der Waals surface area contributed by atoms with Crippen molar-refractivity contribution in [2.24, 2.45) is 0 Å². The molecule has 1 aromatic rings. The van der Waals surface area contributed by atoms with E-state index < -0.39 is 5.82 Å². The zero-order valence-electron chi connectivity index (χ0n) is 15.9. The van der Waals surface area contributed by atoms with Crippen LogP contribution < -0.4 is 0 Å². The molecule has 28 heavy (non-hydrogen) atoms. The number of hydrogen-bond donors (Lipinski definition) is 0. The van der Waals surface area contributed by atoms with E-state index >= 15 is 0 Å². The van der Waals surface area contributed by atoms with Crippen molar-refractivity contribution < 1.29 is 18.7 Å². The van der Waals surface area contributed by atoms with Crippen LogP contribution in [0.1, 0.15) is 55.3 Å². The predicted octanol–water partition coefficient (Wildman–Crippen LogP) is 3.64. The molecule has 2 saturated heterocycles. The molecule has 2 aliphatic heterocycles. The van der Waals surface area contributed by atoms with Gasteiger partial charge in [-0.2, -0.15) is 0 Å². The highest BCUT2D eigenvalue weighted by atomic mass is 35.5. The Morgan fingerprint density at radius 3 is 2.50 bits per heavy atom. The fourth-order valence-corrected chi connectivity index (χ4v) is 4.81. The summed E-state index contributed by atoms with van der Waals surface area (Å²) in [6.45, 7) is 1.77. The standard InChI is InChI=1S/C21H26ClFN2O3/c22-14-5-6-18(23)17(13-14)20(26)24-10-7-16(8-11-24)28-19-9-12-25(21(19)27)15-3-1-2-4-15/h5-6,13,15-16,19H,1-4,7-12H2. The minimum absolute atomic E-state index is 0.00467. The zero-order chi connectivity index (χ0) is 19.7. The number of hydrogen-bond acceptors (Lipinski definition) is 3. The van der Waals surface area contributed by atoms with Crippen LogP contribution in [0.4, 0.5) is 4.39 Å². The summed E-state index contributed by atoms with van der Waals surface area (Å²) < 4.78 is 20.1. The molecular formula is C21H26ClFN2O3. The van der Waals surface area contributed by atoms with Crippen LogP contribution in [0.2, 0.25) is 5.02 Å². The zero-order valence-corrected chi connectivity index (χ0v) is 16.7. The summed E-state index contributed by atoms with van der Waals surface area (Å²) in [4.78, 5) is 28.9. The molecule has 3 aliphatic rings. The molecule has 0 N–H and O–H groups in total. The highest BCUT2D eigenvalue weighted by Crippen LogP contribution is 2.29. The second kappa shape index (κ2) is 8.37. The maximum Gasteiger partial charge on any atom is 0.256 e. The van der Waals surface area contributed by atoms with E-state index in [1.807, 2.05) is 4.90 Å². The van der Waals surface area contributed by atoms with Gasteiger partial charge in [-0.3, -0.25) is 9.59 Å². The van der Waals surface area contributed by atoms with E-state index in [9.17, 15) is 14.0 Å². The van der Waals surface area contributed by atoms with Crippen LogP contribution in [-0.2, 0) is 9.53 Å². The lowest BCUT2D eigenvalue weighted by atomic mass is 10.1. The van der Waals surface area contributed by atoms with Crippen molar-refractivity contribution in [3.05, 3.63) is 34.6 Å². The Hall–Kier alpha value is -1.66. The van der Waals surface area contributed by atoms with Gasteiger partial charge in [0.1, 0.15) is 11.9 Å². The van der Waals surface area contributed by atoms with Crippen LogP contribution in [0.5, 0.6) is 0 Å². The van der Waals surface area contributed by atoms with Gasteiger partial charge in [-0.1, -0.05) is 24.4 Å². The molecular weight excluding hydrogens is 383 g/mol. The number of piperidine rings is 1. The van der Waals surface area contributed by atoms with E-state index in [1.54, 1.807) is 4.90 Å². The lowest BCUT2D eigenvalue weighted by Gasteiger charge is -2.33. The molecule has 0 bridgehead atoms. The molecule has 0 radical (unpaired) electrons. The largest absolute Gasteiger partial charge is 0.365 e. The lowest BCUT2D eigenvalue weighted by Crippen LogP contribution is -2.43. The summed E-state index contributed by atoms with van der Waals surface area (Å²) >= 11 is 5.90. The Balaban J connectivity index is 1.29. The maximum absolute atomic E-state index is 14.0. The van der Waals surface area contributed by atoms with E-state index in [0.29, 0.717) is 37.0 Å². The molecule has 0 spiro atoms. The first-order valence-electron chi connectivity index (χ1n) is 10.2. The molecule has 3 fully saturated rings. The van der Waals surface area contributed by atoms with Gasteiger partial charge < -0.3 is 14.5 Å². The molecule has 2 heterocycles.